The maximum absolute atomic E-state index is 12.8. The predicted octanol–water partition coefficient (Wildman–Crippen LogP) is 7.93. The number of nitrogens with zero attached hydrogens (tertiary/aromatic N) is 6. The molecule has 0 radical (unpaired) electrons. The Hall–Kier alpha value is -3.33. The van der Waals surface area contributed by atoms with E-state index >= 15 is 0 Å². The first-order chi connectivity index (χ1) is 22.7. The Balaban J connectivity index is 1.38. The van der Waals surface area contributed by atoms with Gasteiger partial charge in [-0.15, -0.1) is 0 Å². The third kappa shape index (κ3) is 8.09. The zero-order chi connectivity index (χ0) is 34.7. The zero-order valence-electron chi connectivity index (χ0n) is 30.3. The van der Waals surface area contributed by atoms with Gasteiger partial charge in [-0.25, -0.2) is 14.4 Å². The smallest absolute Gasteiger partial charge is 0.227 e. The highest BCUT2D eigenvalue weighted by Crippen LogP contribution is 2.44. The van der Waals surface area contributed by atoms with Crippen LogP contribution in [0.25, 0.3) is 11.3 Å². The number of alkyl halides is 1. The number of halogens is 1. The number of likely N-dealkylation sites (tertiary alicyclic amines) is 1. The minimum Gasteiger partial charge on any atom is -0.416 e. The molecule has 0 amide bonds. The summed E-state index contributed by atoms with van der Waals surface area (Å²) < 4.78 is 21.7. The molecule has 2 aliphatic heterocycles. The number of aromatic nitrogens is 4. The Morgan fingerprint density at radius 2 is 1.98 bits per heavy atom. The van der Waals surface area contributed by atoms with Crippen molar-refractivity contribution < 1.29 is 8.82 Å². The molecular weight excluding hydrogens is 620 g/mol. The molecule has 1 saturated heterocycles. The van der Waals surface area contributed by atoms with Gasteiger partial charge in [0, 0.05) is 43.4 Å². The number of anilines is 3. The number of benzene rings is 1. The summed E-state index contributed by atoms with van der Waals surface area (Å²) in [6.45, 7) is 22.3. The van der Waals surface area contributed by atoms with Crippen molar-refractivity contribution in [1.82, 2.24) is 24.6 Å². The average molecular weight is 675 g/mol. The van der Waals surface area contributed by atoms with Crippen molar-refractivity contribution >= 4 is 25.6 Å². The summed E-state index contributed by atoms with van der Waals surface area (Å²) in [5, 5.41) is 22.1. The third-order valence-corrected chi connectivity index (χ3v) is 15.2. The monoisotopic (exact) mass is 674 g/mol. The number of nitriles is 1. The normalized spacial score (nSPS) is 18.9. The molecule has 2 aromatic heterocycles. The molecule has 3 aromatic rings. The van der Waals surface area contributed by atoms with Gasteiger partial charge in [0.25, 0.3) is 0 Å². The average Bonchev–Trinajstić information content (AvgIpc) is 3.59. The maximum atomic E-state index is 12.8. The third-order valence-electron chi connectivity index (χ3n) is 10.8. The van der Waals surface area contributed by atoms with E-state index in [2.05, 4.69) is 92.0 Å². The van der Waals surface area contributed by atoms with Crippen molar-refractivity contribution in [1.29, 1.82) is 5.26 Å². The van der Waals surface area contributed by atoms with Crippen LogP contribution in [0.3, 0.4) is 0 Å². The molecule has 48 heavy (non-hydrogen) atoms. The van der Waals surface area contributed by atoms with E-state index in [0.29, 0.717) is 43.0 Å². The van der Waals surface area contributed by atoms with Crippen LogP contribution in [0.2, 0.25) is 18.1 Å². The van der Waals surface area contributed by atoms with Crippen LogP contribution in [0.1, 0.15) is 77.6 Å². The van der Waals surface area contributed by atoms with Gasteiger partial charge >= 0.3 is 0 Å². The van der Waals surface area contributed by atoms with Gasteiger partial charge in [-0.2, -0.15) is 10.4 Å². The second-order valence-electron chi connectivity index (χ2n) is 16.0. The summed E-state index contributed by atoms with van der Waals surface area (Å²) >= 11 is 0. The van der Waals surface area contributed by atoms with Crippen molar-refractivity contribution in [3.05, 3.63) is 47.4 Å². The van der Waals surface area contributed by atoms with Crippen LogP contribution in [-0.4, -0.2) is 72.4 Å². The van der Waals surface area contributed by atoms with Crippen LogP contribution in [0, 0.1) is 23.2 Å². The summed E-state index contributed by atoms with van der Waals surface area (Å²) in [6, 6.07) is 8.41. The molecule has 1 aromatic carbocycles. The molecular formula is C37H55FN8OSi. The molecule has 260 valence electrons. The fraction of sp³-hybridized carbons (Fsp3) is 0.622. The molecule has 0 spiro atoms. The van der Waals surface area contributed by atoms with Crippen molar-refractivity contribution in [2.24, 2.45) is 11.8 Å². The molecule has 0 unspecified atom stereocenters. The Morgan fingerprint density at radius 3 is 2.65 bits per heavy atom. The van der Waals surface area contributed by atoms with Gasteiger partial charge in [0.1, 0.15) is 12.7 Å². The van der Waals surface area contributed by atoms with Crippen LogP contribution >= 0.6 is 0 Å². The molecule has 0 saturated carbocycles. The topological polar surface area (TPSA) is 104 Å². The SMILES string of the molecule is CC(C)CCc1c(Nc2nccc(-c3cc(C#N)c4c(c3)[C@@](C)(CO[Si](C)(C)C(C)(C)C)CN4)n2)cnn1CC1CCN(CCF)CC1. The molecule has 2 aliphatic rings. The second-order valence-corrected chi connectivity index (χ2v) is 20.8. The first kappa shape index (κ1) is 36.0. The quantitative estimate of drug-likeness (QED) is 0.176. The van der Waals surface area contributed by atoms with E-state index in [9.17, 15) is 9.65 Å². The van der Waals surface area contributed by atoms with E-state index in [1.54, 1.807) is 6.20 Å². The molecule has 2 N–H and O–H groups in total. The minimum absolute atomic E-state index is 0.113. The summed E-state index contributed by atoms with van der Waals surface area (Å²) in [5.41, 5.74) is 6.05. The van der Waals surface area contributed by atoms with Gasteiger partial charge in [0.05, 0.1) is 34.5 Å². The van der Waals surface area contributed by atoms with Crippen LogP contribution in [0.4, 0.5) is 21.7 Å². The molecule has 0 bridgehead atoms. The molecule has 5 rings (SSSR count). The van der Waals surface area contributed by atoms with Crippen molar-refractivity contribution in [2.75, 3.05) is 50.1 Å². The maximum Gasteiger partial charge on any atom is 0.227 e. The molecule has 9 nitrogen and oxygen atoms in total. The highest BCUT2D eigenvalue weighted by atomic mass is 28.4. The van der Waals surface area contributed by atoms with Crippen LogP contribution in [-0.2, 0) is 22.8 Å². The highest BCUT2D eigenvalue weighted by Gasteiger charge is 2.42. The first-order valence-corrected chi connectivity index (χ1v) is 20.5. The number of hydrogen-bond donors (Lipinski definition) is 2. The molecule has 0 aliphatic carbocycles. The lowest BCUT2D eigenvalue weighted by molar-refractivity contribution is 0.160. The van der Waals surface area contributed by atoms with Crippen molar-refractivity contribution in [2.45, 2.75) is 97.3 Å². The van der Waals surface area contributed by atoms with E-state index in [1.165, 1.54) is 0 Å². The Labute approximate surface area is 287 Å². The fourth-order valence-electron chi connectivity index (χ4n) is 6.43. The first-order valence-electron chi connectivity index (χ1n) is 17.6. The van der Waals surface area contributed by atoms with Gasteiger partial charge in [-0.3, -0.25) is 4.68 Å². The van der Waals surface area contributed by atoms with E-state index in [0.717, 1.165) is 79.2 Å². The molecule has 1 atom stereocenters. The van der Waals surface area contributed by atoms with E-state index < -0.39 is 8.32 Å². The van der Waals surface area contributed by atoms with Crippen molar-refractivity contribution in [3.63, 3.8) is 0 Å². The molecule has 11 heteroatoms. The Morgan fingerprint density at radius 1 is 1.23 bits per heavy atom. The van der Waals surface area contributed by atoms with Gasteiger partial charge in [-0.1, -0.05) is 41.5 Å². The van der Waals surface area contributed by atoms with Crippen LogP contribution in [0.15, 0.2) is 30.6 Å². The second kappa shape index (κ2) is 14.6. The summed E-state index contributed by atoms with van der Waals surface area (Å²) in [7, 11) is -1.96. The fourth-order valence-corrected chi connectivity index (χ4v) is 7.54. The number of fused-ring (bicyclic) bond motifs is 1. The lowest BCUT2D eigenvalue weighted by Gasteiger charge is -2.39. The standard InChI is InChI=1S/C37H55FN8OSi/c1-26(2)9-10-33-32(22-42-46(33)23-27-12-16-45(17-13-27)18-14-38)44-35-40-15-11-31(43-35)28-19-29(21-39)34-30(20-28)37(6,24-41-34)25-47-48(7,8)36(3,4)5/h11,15,19-20,22,26-27,41H,9-10,12-14,16-18,23-25H2,1-8H3,(H,40,43,44)/t37-/m1/s1. The van der Waals surface area contributed by atoms with E-state index in [1.807, 2.05) is 18.3 Å². The van der Waals surface area contributed by atoms with E-state index in [4.69, 9.17) is 14.5 Å². The minimum atomic E-state index is -1.96. The van der Waals surface area contributed by atoms with Gasteiger partial charge in [0.15, 0.2) is 8.32 Å². The number of rotatable bonds is 13. The van der Waals surface area contributed by atoms with E-state index in [-0.39, 0.29) is 17.1 Å². The molecule has 4 heterocycles. The van der Waals surface area contributed by atoms with Gasteiger partial charge in [0.2, 0.25) is 5.95 Å². The highest BCUT2D eigenvalue weighted by molar-refractivity contribution is 6.74. The summed E-state index contributed by atoms with van der Waals surface area (Å²) in [6.07, 6.45) is 7.73. The Kier molecular flexibility index (Phi) is 11.0. The lowest BCUT2D eigenvalue weighted by Crippen LogP contribution is -2.45. The largest absolute Gasteiger partial charge is 0.416 e. The van der Waals surface area contributed by atoms with Crippen LogP contribution in [0.5, 0.6) is 0 Å². The van der Waals surface area contributed by atoms with Gasteiger partial charge < -0.3 is 20.0 Å². The lowest BCUT2D eigenvalue weighted by atomic mass is 9.83. The Bertz CT molecular complexity index is 1600. The number of nitrogens with one attached hydrogen (secondary N) is 2. The zero-order valence-corrected chi connectivity index (χ0v) is 31.3. The summed E-state index contributed by atoms with van der Waals surface area (Å²) in [5.74, 6) is 1.58. The predicted molar refractivity (Wildman–Crippen MR) is 195 cm³/mol. The van der Waals surface area contributed by atoms with Crippen molar-refractivity contribution in [3.8, 4) is 17.3 Å². The van der Waals surface area contributed by atoms with Crippen LogP contribution < -0.4 is 10.6 Å². The number of piperidine rings is 1. The number of hydrogen-bond acceptors (Lipinski definition) is 8. The van der Waals surface area contributed by atoms with Gasteiger partial charge in [-0.05, 0) is 92.5 Å². The summed E-state index contributed by atoms with van der Waals surface area (Å²) in [4.78, 5) is 11.7. The molecule has 1 fully saturated rings.